The van der Waals surface area contributed by atoms with E-state index in [9.17, 15) is 14.4 Å². The summed E-state index contributed by atoms with van der Waals surface area (Å²) in [5.41, 5.74) is 0.863. The Morgan fingerprint density at radius 2 is 1.81 bits per heavy atom. The summed E-state index contributed by atoms with van der Waals surface area (Å²) < 4.78 is 10.8. The molecule has 3 N–H and O–H groups in total. The third-order valence-corrected chi connectivity index (χ3v) is 6.21. The first kappa shape index (κ1) is 23.9. The Morgan fingerprint density at radius 1 is 1.03 bits per heavy atom. The fraction of sp³-hybridized carbons (Fsp3) is 0.625. The topological polar surface area (TPSA) is 106 Å². The van der Waals surface area contributed by atoms with Gasteiger partial charge in [0.05, 0.1) is 13.7 Å². The molecule has 1 aliphatic carbocycles. The molecular weight excluding hydrogens is 410 g/mol. The molecule has 32 heavy (non-hydrogen) atoms. The molecule has 0 spiro atoms. The lowest BCUT2D eigenvalue weighted by atomic mass is 9.83. The second-order valence-corrected chi connectivity index (χ2v) is 8.62. The van der Waals surface area contributed by atoms with Gasteiger partial charge < -0.3 is 25.4 Å². The third kappa shape index (κ3) is 7.14. The number of rotatable bonds is 2. The Morgan fingerprint density at radius 3 is 2.59 bits per heavy atom. The molecular formula is C24H35N3O5. The van der Waals surface area contributed by atoms with Crippen molar-refractivity contribution in [1.29, 1.82) is 0 Å². The number of carbonyl (C=O) groups excluding carboxylic acids is 3. The molecule has 0 radical (unpaired) electrons. The number of benzene rings is 1. The predicted octanol–water partition coefficient (Wildman–Crippen LogP) is 2.70. The molecule has 1 saturated carbocycles. The average molecular weight is 446 g/mol. The first-order valence-corrected chi connectivity index (χ1v) is 11.7. The van der Waals surface area contributed by atoms with Crippen molar-refractivity contribution in [2.24, 2.45) is 5.92 Å². The molecule has 8 nitrogen and oxygen atoms in total. The van der Waals surface area contributed by atoms with Crippen molar-refractivity contribution in [3.05, 3.63) is 29.8 Å². The van der Waals surface area contributed by atoms with E-state index in [0.717, 1.165) is 62.7 Å². The third-order valence-electron chi connectivity index (χ3n) is 6.21. The Kier molecular flexibility index (Phi) is 9.19. The van der Waals surface area contributed by atoms with Crippen LogP contribution in [-0.2, 0) is 20.7 Å². The normalized spacial score (nSPS) is 24.2. The van der Waals surface area contributed by atoms with Crippen molar-refractivity contribution < 1.29 is 23.9 Å². The summed E-state index contributed by atoms with van der Waals surface area (Å²) in [5, 5.41) is 8.57. The first-order chi connectivity index (χ1) is 15.6. The van der Waals surface area contributed by atoms with Crippen LogP contribution in [0, 0.1) is 5.92 Å². The number of nitrogens with one attached hydrogen (secondary N) is 3. The van der Waals surface area contributed by atoms with Gasteiger partial charge in [-0.05, 0) is 55.7 Å². The van der Waals surface area contributed by atoms with Crippen LogP contribution in [0.2, 0.25) is 0 Å². The van der Waals surface area contributed by atoms with Crippen LogP contribution in [0.5, 0.6) is 5.75 Å². The van der Waals surface area contributed by atoms with Gasteiger partial charge in [-0.2, -0.15) is 0 Å². The quantitative estimate of drug-likeness (QED) is 0.607. The lowest BCUT2D eigenvalue weighted by Gasteiger charge is -2.31. The van der Waals surface area contributed by atoms with E-state index in [1.165, 1.54) is 7.11 Å². The van der Waals surface area contributed by atoms with E-state index in [-0.39, 0.29) is 24.3 Å². The van der Waals surface area contributed by atoms with Gasteiger partial charge in [-0.1, -0.05) is 31.4 Å². The fourth-order valence-corrected chi connectivity index (χ4v) is 4.45. The average Bonchev–Trinajstić information content (AvgIpc) is 2.81. The van der Waals surface area contributed by atoms with E-state index < -0.39 is 18.1 Å². The number of esters is 1. The first-order valence-electron chi connectivity index (χ1n) is 11.7. The zero-order chi connectivity index (χ0) is 22.8. The summed E-state index contributed by atoms with van der Waals surface area (Å²) in [6.07, 6.45) is 7.87. The fourth-order valence-electron chi connectivity index (χ4n) is 4.45. The van der Waals surface area contributed by atoms with E-state index >= 15 is 0 Å². The molecule has 0 saturated heterocycles. The maximum Gasteiger partial charge on any atom is 0.328 e. The van der Waals surface area contributed by atoms with Crippen LogP contribution in [0.25, 0.3) is 0 Å². The Bertz CT molecular complexity index is 779. The number of carbonyl (C=O) groups is 3. The van der Waals surface area contributed by atoms with Crippen molar-refractivity contribution in [3.8, 4) is 5.75 Å². The number of hydrogen-bond acceptors (Lipinski definition) is 5. The summed E-state index contributed by atoms with van der Waals surface area (Å²) >= 11 is 0. The van der Waals surface area contributed by atoms with Crippen molar-refractivity contribution >= 4 is 17.9 Å². The summed E-state index contributed by atoms with van der Waals surface area (Å²) in [4.78, 5) is 38.3. The van der Waals surface area contributed by atoms with Gasteiger partial charge in [-0.3, -0.25) is 4.79 Å². The largest absolute Gasteiger partial charge is 0.494 e. The van der Waals surface area contributed by atoms with Gasteiger partial charge in [-0.25, -0.2) is 9.59 Å². The molecule has 2 aliphatic rings. The second-order valence-electron chi connectivity index (χ2n) is 8.62. The van der Waals surface area contributed by atoms with E-state index in [0.29, 0.717) is 13.2 Å². The van der Waals surface area contributed by atoms with E-state index in [1.807, 2.05) is 24.3 Å². The highest BCUT2D eigenvalue weighted by molar-refractivity contribution is 5.90. The molecule has 3 rings (SSSR count). The van der Waals surface area contributed by atoms with Crippen LogP contribution < -0.4 is 20.7 Å². The molecule has 176 valence electrons. The molecule has 2 bridgehead atoms. The molecule has 0 aromatic heterocycles. The zero-order valence-electron chi connectivity index (χ0n) is 18.9. The van der Waals surface area contributed by atoms with Crippen molar-refractivity contribution in [2.75, 3.05) is 20.3 Å². The highest BCUT2D eigenvalue weighted by atomic mass is 16.5. The standard InChI is InChI=1S/C24H35N3O5/c1-31-23(29)20-16-17-9-8-12-19(15-17)32-14-7-3-6-13-25-24(30)27-21(22(28)26-20)18-10-4-2-5-11-18/h8-9,12,15,18,20-21H,2-7,10-11,13-14,16H2,1H3,(H,26,28)(H2,25,27,30). The summed E-state index contributed by atoms with van der Waals surface area (Å²) in [6, 6.07) is 5.66. The maximum absolute atomic E-state index is 13.3. The number of methoxy groups -OCH3 is 1. The zero-order valence-corrected chi connectivity index (χ0v) is 18.9. The Labute approximate surface area is 189 Å². The van der Waals surface area contributed by atoms with Crippen molar-refractivity contribution in [1.82, 2.24) is 16.0 Å². The summed E-state index contributed by atoms with van der Waals surface area (Å²) in [6.45, 7) is 1.11. The number of ether oxygens (including phenoxy) is 2. The molecule has 2 unspecified atom stereocenters. The van der Waals surface area contributed by atoms with Gasteiger partial charge in [0.2, 0.25) is 5.91 Å². The van der Waals surface area contributed by atoms with Gasteiger partial charge in [0.1, 0.15) is 17.8 Å². The van der Waals surface area contributed by atoms with E-state index in [2.05, 4.69) is 16.0 Å². The number of amides is 3. The lowest BCUT2D eigenvalue weighted by Crippen LogP contribution is -2.57. The molecule has 1 aliphatic heterocycles. The minimum Gasteiger partial charge on any atom is -0.494 e. The van der Waals surface area contributed by atoms with Crippen LogP contribution in [0.15, 0.2) is 24.3 Å². The number of fused-ring (bicyclic) bond motifs is 2. The molecule has 1 heterocycles. The van der Waals surface area contributed by atoms with Crippen molar-refractivity contribution in [3.63, 3.8) is 0 Å². The SMILES string of the molecule is COC(=O)C1Cc2cccc(c2)OCCCCCNC(=O)NC(C2CCCCC2)C(=O)N1. The minimum atomic E-state index is -0.852. The molecule has 3 amide bonds. The molecule has 1 fully saturated rings. The smallest absolute Gasteiger partial charge is 0.328 e. The van der Waals surface area contributed by atoms with Crippen LogP contribution in [-0.4, -0.2) is 50.3 Å². The minimum absolute atomic E-state index is 0.0478. The van der Waals surface area contributed by atoms with Gasteiger partial charge in [0, 0.05) is 13.0 Å². The van der Waals surface area contributed by atoms with E-state index in [1.54, 1.807) is 0 Å². The monoisotopic (exact) mass is 445 g/mol. The highest BCUT2D eigenvalue weighted by Gasteiger charge is 2.33. The summed E-state index contributed by atoms with van der Waals surface area (Å²) in [7, 11) is 1.31. The van der Waals surface area contributed by atoms with Crippen LogP contribution in [0.4, 0.5) is 4.79 Å². The number of hydrogen-bond donors (Lipinski definition) is 3. The number of urea groups is 1. The molecule has 1 aromatic rings. The van der Waals surface area contributed by atoms with Crippen LogP contribution in [0.3, 0.4) is 0 Å². The van der Waals surface area contributed by atoms with Crippen LogP contribution >= 0.6 is 0 Å². The highest BCUT2D eigenvalue weighted by Crippen LogP contribution is 2.27. The summed E-state index contributed by atoms with van der Waals surface area (Å²) in [5.74, 6) is -0.0861. The Hall–Kier alpha value is -2.77. The lowest BCUT2D eigenvalue weighted by molar-refractivity contribution is -0.145. The molecule has 1 aromatic carbocycles. The van der Waals surface area contributed by atoms with Crippen LogP contribution in [0.1, 0.15) is 56.9 Å². The Balaban J connectivity index is 1.82. The predicted molar refractivity (Wildman–Crippen MR) is 120 cm³/mol. The van der Waals surface area contributed by atoms with E-state index in [4.69, 9.17) is 9.47 Å². The maximum atomic E-state index is 13.3. The van der Waals surface area contributed by atoms with Gasteiger partial charge in [0.15, 0.2) is 0 Å². The molecule has 2 atom stereocenters. The van der Waals surface area contributed by atoms with Gasteiger partial charge in [-0.15, -0.1) is 0 Å². The molecule has 8 heteroatoms. The van der Waals surface area contributed by atoms with Gasteiger partial charge >= 0.3 is 12.0 Å². The van der Waals surface area contributed by atoms with Crippen molar-refractivity contribution in [2.45, 2.75) is 69.9 Å². The second kappa shape index (κ2) is 12.3. The van der Waals surface area contributed by atoms with Gasteiger partial charge in [0.25, 0.3) is 0 Å².